The van der Waals surface area contributed by atoms with Gasteiger partial charge in [0.1, 0.15) is 0 Å². The molecule has 178 valence electrons. The lowest BCUT2D eigenvalue weighted by atomic mass is 10.1. The van der Waals surface area contributed by atoms with Crippen LogP contribution in [0.25, 0.3) is 0 Å². The first-order valence-corrected chi connectivity index (χ1v) is 12.7. The topological polar surface area (TPSA) is 98.8 Å². The Morgan fingerprint density at radius 2 is 1.73 bits per heavy atom. The fraction of sp³-hybridized carbons (Fsp3) is 0.417. The van der Waals surface area contributed by atoms with Crippen molar-refractivity contribution in [2.45, 2.75) is 38.5 Å². The Hall–Kier alpha value is -2.91. The second-order valence-corrected chi connectivity index (χ2v) is 9.98. The average Bonchev–Trinajstić information content (AvgIpc) is 3.34. The molecule has 0 saturated carbocycles. The molecular weight excluding hydrogens is 440 g/mol. The summed E-state index contributed by atoms with van der Waals surface area (Å²) in [6.45, 7) is 8.02. The molecule has 1 saturated heterocycles. The standard InChI is InChI=1S/C24H32N4O4S/c1-4-28(5-2)33(31,32)21-10-8-9-19(16-21)24(30)25-17-23(29)26-22-12-11-20(15-18(22)3)27-13-6-7-14-27/h8-12,15-16H,4-7,13-14,17H2,1-3H3,(H,25,30)(H,26,29). The first kappa shape index (κ1) is 24.7. The van der Waals surface area contributed by atoms with Crippen LogP contribution in [0.5, 0.6) is 0 Å². The van der Waals surface area contributed by atoms with Crippen LogP contribution in [0.4, 0.5) is 11.4 Å². The zero-order valence-corrected chi connectivity index (χ0v) is 20.2. The Labute approximate surface area is 196 Å². The van der Waals surface area contributed by atoms with Gasteiger partial charge in [-0.25, -0.2) is 8.42 Å². The van der Waals surface area contributed by atoms with E-state index < -0.39 is 15.9 Å². The first-order chi connectivity index (χ1) is 15.8. The van der Waals surface area contributed by atoms with Crippen molar-refractivity contribution in [2.24, 2.45) is 0 Å². The number of anilines is 2. The van der Waals surface area contributed by atoms with Gasteiger partial charge in [0.15, 0.2) is 0 Å². The van der Waals surface area contributed by atoms with E-state index >= 15 is 0 Å². The van der Waals surface area contributed by atoms with Gasteiger partial charge in [-0.15, -0.1) is 0 Å². The zero-order valence-electron chi connectivity index (χ0n) is 19.4. The molecule has 9 heteroatoms. The molecule has 2 aromatic carbocycles. The third-order valence-electron chi connectivity index (χ3n) is 5.80. The quantitative estimate of drug-likeness (QED) is 0.585. The minimum absolute atomic E-state index is 0.0528. The molecule has 1 heterocycles. The highest BCUT2D eigenvalue weighted by atomic mass is 32.2. The lowest BCUT2D eigenvalue weighted by Gasteiger charge is -2.19. The van der Waals surface area contributed by atoms with Gasteiger partial charge in [-0.2, -0.15) is 4.31 Å². The summed E-state index contributed by atoms with van der Waals surface area (Å²) < 4.78 is 26.7. The summed E-state index contributed by atoms with van der Waals surface area (Å²) in [7, 11) is -3.67. The number of aryl methyl sites for hydroxylation is 1. The molecule has 0 unspecified atom stereocenters. The number of amides is 2. The van der Waals surface area contributed by atoms with Gasteiger partial charge < -0.3 is 15.5 Å². The van der Waals surface area contributed by atoms with E-state index in [4.69, 9.17) is 0 Å². The predicted molar refractivity (Wildman–Crippen MR) is 130 cm³/mol. The third-order valence-corrected chi connectivity index (χ3v) is 7.85. The smallest absolute Gasteiger partial charge is 0.251 e. The lowest BCUT2D eigenvalue weighted by molar-refractivity contribution is -0.115. The van der Waals surface area contributed by atoms with Gasteiger partial charge in [0.05, 0.1) is 11.4 Å². The van der Waals surface area contributed by atoms with Crippen LogP contribution in [-0.2, 0) is 14.8 Å². The largest absolute Gasteiger partial charge is 0.372 e. The molecule has 2 N–H and O–H groups in total. The monoisotopic (exact) mass is 472 g/mol. The summed E-state index contributed by atoms with van der Waals surface area (Å²) >= 11 is 0. The Morgan fingerprint density at radius 3 is 2.36 bits per heavy atom. The number of hydrogen-bond acceptors (Lipinski definition) is 5. The molecule has 8 nitrogen and oxygen atoms in total. The van der Waals surface area contributed by atoms with Crippen molar-refractivity contribution < 1.29 is 18.0 Å². The summed E-state index contributed by atoms with van der Waals surface area (Å²) in [6.07, 6.45) is 2.39. The molecule has 0 atom stereocenters. The maximum Gasteiger partial charge on any atom is 0.251 e. The maximum atomic E-state index is 12.7. The number of carbonyl (C=O) groups is 2. The van der Waals surface area contributed by atoms with Gasteiger partial charge in [-0.3, -0.25) is 9.59 Å². The van der Waals surface area contributed by atoms with Crippen LogP contribution in [0, 0.1) is 6.92 Å². The number of hydrogen-bond donors (Lipinski definition) is 2. The van der Waals surface area contributed by atoms with E-state index in [1.165, 1.54) is 41.4 Å². The van der Waals surface area contributed by atoms with Gasteiger partial charge in [0.25, 0.3) is 5.91 Å². The Kier molecular flexibility index (Phi) is 8.10. The van der Waals surface area contributed by atoms with Crippen molar-refractivity contribution in [3.63, 3.8) is 0 Å². The normalized spacial score (nSPS) is 13.9. The van der Waals surface area contributed by atoms with Crippen molar-refractivity contribution in [1.29, 1.82) is 0 Å². The molecule has 1 fully saturated rings. The summed E-state index contributed by atoms with van der Waals surface area (Å²) in [4.78, 5) is 27.3. The molecule has 33 heavy (non-hydrogen) atoms. The summed E-state index contributed by atoms with van der Waals surface area (Å²) in [5, 5.41) is 5.39. The predicted octanol–water partition coefficient (Wildman–Crippen LogP) is 2.99. The fourth-order valence-electron chi connectivity index (χ4n) is 3.93. The van der Waals surface area contributed by atoms with Crippen molar-refractivity contribution >= 4 is 33.2 Å². The fourth-order valence-corrected chi connectivity index (χ4v) is 5.43. The van der Waals surface area contributed by atoms with Crippen LogP contribution in [0.2, 0.25) is 0 Å². The Balaban J connectivity index is 1.60. The van der Waals surface area contributed by atoms with Crippen LogP contribution < -0.4 is 15.5 Å². The molecule has 1 aliphatic heterocycles. The van der Waals surface area contributed by atoms with Gasteiger partial charge >= 0.3 is 0 Å². The molecule has 0 radical (unpaired) electrons. The minimum Gasteiger partial charge on any atom is -0.372 e. The van der Waals surface area contributed by atoms with E-state index in [2.05, 4.69) is 21.6 Å². The number of nitrogens with zero attached hydrogens (tertiary/aromatic N) is 2. The third kappa shape index (κ3) is 5.91. The van der Waals surface area contributed by atoms with Crippen LogP contribution in [0.1, 0.15) is 42.6 Å². The van der Waals surface area contributed by atoms with E-state index in [-0.39, 0.29) is 22.9 Å². The van der Waals surface area contributed by atoms with Crippen molar-refractivity contribution in [3.05, 3.63) is 53.6 Å². The number of rotatable bonds is 9. The highest BCUT2D eigenvalue weighted by Gasteiger charge is 2.22. The number of sulfonamides is 1. The van der Waals surface area contributed by atoms with Crippen LogP contribution in [0.3, 0.4) is 0 Å². The summed E-state index contributed by atoms with van der Waals surface area (Å²) in [6, 6.07) is 11.8. The molecule has 0 spiro atoms. The molecule has 0 aromatic heterocycles. The Morgan fingerprint density at radius 1 is 1.03 bits per heavy atom. The number of nitrogens with one attached hydrogen (secondary N) is 2. The molecular formula is C24H32N4O4S. The van der Waals surface area contributed by atoms with Crippen LogP contribution in [-0.4, -0.2) is 57.3 Å². The van der Waals surface area contributed by atoms with Gasteiger partial charge in [-0.05, 0) is 61.7 Å². The van der Waals surface area contributed by atoms with E-state index in [9.17, 15) is 18.0 Å². The Bertz CT molecular complexity index is 1110. The van der Waals surface area contributed by atoms with Crippen LogP contribution in [0.15, 0.2) is 47.4 Å². The van der Waals surface area contributed by atoms with Crippen molar-refractivity contribution in [2.75, 3.05) is 42.9 Å². The SMILES string of the molecule is CCN(CC)S(=O)(=O)c1cccc(C(=O)NCC(=O)Nc2ccc(N3CCCC3)cc2C)c1. The van der Waals surface area contributed by atoms with Gasteiger partial charge in [0.2, 0.25) is 15.9 Å². The number of carbonyl (C=O) groups excluding carboxylic acids is 2. The molecule has 2 amide bonds. The molecule has 3 rings (SSSR count). The number of benzene rings is 2. The molecule has 0 bridgehead atoms. The highest BCUT2D eigenvalue weighted by molar-refractivity contribution is 7.89. The highest BCUT2D eigenvalue weighted by Crippen LogP contribution is 2.25. The zero-order chi connectivity index (χ0) is 24.0. The van der Waals surface area contributed by atoms with Crippen molar-refractivity contribution in [3.8, 4) is 0 Å². The lowest BCUT2D eigenvalue weighted by Crippen LogP contribution is -2.33. The van der Waals surface area contributed by atoms with Crippen molar-refractivity contribution in [1.82, 2.24) is 9.62 Å². The molecule has 0 aliphatic carbocycles. The van der Waals surface area contributed by atoms with E-state index in [0.717, 1.165) is 24.3 Å². The maximum absolute atomic E-state index is 12.7. The summed E-state index contributed by atoms with van der Waals surface area (Å²) in [5.41, 5.74) is 2.98. The van der Waals surface area contributed by atoms with E-state index in [0.29, 0.717) is 18.8 Å². The minimum atomic E-state index is -3.67. The van der Waals surface area contributed by atoms with Gasteiger partial charge in [-0.1, -0.05) is 19.9 Å². The summed E-state index contributed by atoms with van der Waals surface area (Å²) in [5.74, 6) is -0.866. The first-order valence-electron chi connectivity index (χ1n) is 11.3. The second kappa shape index (κ2) is 10.8. The van der Waals surface area contributed by atoms with Crippen LogP contribution >= 0.6 is 0 Å². The van der Waals surface area contributed by atoms with E-state index in [1.807, 2.05) is 19.1 Å². The average molecular weight is 473 g/mol. The van der Waals surface area contributed by atoms with Gasteiger partial charge in [0, 0.05) is 43.1 Å². The van der Waals surface area contributed by atoms with E-state index in [1.54, 1.807) is 13.8 Å². The molecule has 1 aliphatic rings. The second-order valence-electron chi connectivity index (χ2n) is 8.04. The molecule has 2 aromatic rings.